The van der Waals surface area contributed by atoms with Crippen LogP contribution >= 0.6 is 0 Å². The van der Waals surface area contributed by atoms with Crippen molar-refractivity contribution < 1.29 is 4.42 Å². The molecule has 0 aromatic carbocycles. The third kappa shape index (κ3) is 2.77. The number of furan rings is 1. The molecule has 0 spiro atoms. The molecule has 1 aromatic rings. The summed E-state index contributed by atoms with van der Waals surface area (Å²) in [6.07, 6.45) is 6.42. The van der Waals surface area contributed by atoms with Crippen molar-refractivity contribution in [2.75, 3.05) is 0 Å². The maximum atomic E-state index is 4.99. The van der Waals surface area contributed by atoms with Gasteiger partial charge in [-0.3, -0.25) is 0 Å². The predicted molar refractivity (Wildman–Crippen MR) is 43.8 cm³/mol. The van der Waals surface area contributed by atoms with Crippen molar-refractivity contribution in [3.05, 3.63) is 18.6 Å². The predicted octanol–water partition coefficient (Wildman–Crippen LogP) is 1.83. The van der Waals surface area contributed by atoms with Gasteiger partial charge >= 0.3 is 71.9 Å². The first-order valence-electron chi connectivity index (χ1n) is 3.69. The number of rotatable bonds is 4. The van der Waals surface area contributed by atoms with Gasteiger partial charge in [-0.1, -0.05) is 0 Å². The Morgan fingerprint density at radius 2 is 2.50 bits per heavy atom. The molecule has 0 aliphatic carbocycles. The zero-order chi connectivity index (χ0) is 7.23. The van der Waals surface area contributed by atoms with E-state index in [2.05, 4.69) is 13.0 Å². The Morgan fingerprint density at radius 1 is 1.60 bits per heavy atom. The molecule has 0 amide bonds. The first-order chi connectivity index (χ1) is 4.93. The second kappa shape index (κ2) is 4.83. The summed E-state index contributed by atoms with van der Waals surface area (Å²) in [5.74, 6) is 0. The van der Waals surface area contributed by atoms with Gasteiger partial charge in [0.05, 0.1) is 0 Å². The molecule has 54 valence electrons. The van der Waals surface area contributed by atoms with E-state index in [0.29, 0.717) is 0 Å². The van der Waals surface area contributed by atoms with Gasteiger partial charge in [0.15, 0.2) is 0 Å². The first kappa shape index (κ1) is 8.18. The van der Waals surface area contributed by atoms with Crippen LogP contribution in [-0.2, 0) is 0 Å². The van der Waals surface area contributed by atoms with Gasteiger partial charge in [0.25, 0.3) is 0 Å². The minimum atomic E-state index is -0.230. The van der Waals surface area contributed by atoms with Gasteiger partial charge < -0.3 is 0 Å². The molecule has 1 heterocycles. The van der Waals surface area contributed by atoms with Crippen molar-refractivity contribution in [1.82, 2.24) is 0 Å². The Morgan fingerprint density at radius 3 is 3.10 bits per heavy atom. The van der Waals surface area contributed by atoms with E-state index >= 15 is 0 Å². The van der Waals surface area contributed by atoms with Crippen molar-refractivity contribution in [3.63, 3.8) is 0 Å². The molecule has 1 nitrogen and oxygen atoms in total. The molecule has 0 saturated carbocycles. The molecule has 0 aliphatic heterocycles. The van der Waals surface area contributed by atoms with Crippen molar-refractivity contribution in [1.29, 1.82) is 0 Å². The Hall–Kier alpha value is 0.0787. The molecule has 0 aliphatic rings. The van der Waals surface area contributed by atoms with Crippen molar-refractivity contribution in [2.24, 2.45) is 0 Å². The monoisotopic (exact) mass is 244 g/mol. The van der Waals surface area contributed by atoms with Gasteiger partial charge in [-0.05, 0) is 0 Å². The summed E-state index contributed by atoms with van der Waals surface area (Å²) in [5, 5.41) is 0. The molecule has 0 saturated heterocycles. The van der Waals surface area contributed by atoms with E-state index in [1.54, 1.807) is 6.26 Å². The van der Waals surface area contributed by atoms with Gasteiger partial charge in [-0.25, -0.2) is 0 Å². The second-order valence-electron chi connectivity index (χ2n) is 2.29. The van der Waals surface area contributed by atoms with Crippen LogP contribution in [0.3, 0.4) is 0 Å². The molecule has 0 fully saturated rings. The van der Waals surface area contributed by atoms with Crippen LogP contribution < -0.4 is 3.58 Å². The standard InChI is InChI=1S/C4H3O.C4H9.Sn/c1-2-4-5-3-1;1-3-4-2;/h1,3-4H;1,3-4H2,2H3;. The minimum absolute atomic E-state index is 0.230. The first-order valence-corrected chi connectivity index (χ1v) is 7.14. The van der Waals surface area contributed by atoms with Gasteiger partial charge in [-0.15, -0.1) is 0 Å². The zero-order valence-corrected chi connectivity index (χ0v) is 9.12. The topological polar surface area (TPSA) is 13.1 Å². The van der Waals surface area contributed by atoms with Crippen LogP contribution in [-0.4, -0.2) is 21.1 Å². The van der Waals surface area contributed by atoms with Crippen molar-refractivity contribution >= 4 is 24.7 Å². The SMILES string of the molecule is CCC[CH2][Sn][c]1ccoc1. The summed E-state index contributed by atoms with van der Waals surface area (Å²) >= 11 is -0.230. The maximum absolute atomic E-state index is 4.99. The Bertz CT molecular complexity index is 158. The van der Waals surface area contributed by atoms with E-state index < -0.39 is 0 Å². The van der Waals surface area contributed by atoms with Crippen molar-refractivity contribution in [3.8, 4) is 0 Å². The van der Waals surface area contributed by atoms with Gasteiger partial charge in [0, 0.05) is 0 Å². The van der Waals surface area contributed by atoms with Gasteiger partial charge in [-0.2, -0.15) is 0 Å². The molecule has 0 unspecified atom stereocenters. The fraction of sp³-hybridized carbons (Fsp3) is 0.500. The molecule has 10 heavy (non-hydrogen) atoms. The molecular formula is C8H12OSn. The summed E-state index contributed by atoms with van der Waals surface area (Å²) < 4.78 is 7.94. The molecule has 0 atom stereocenters. The Balaban J connectivity index is 2.15. The number of unbranched alkanes of at least 4 members (excludes halogenated alkanes) is 1. The quantitative estimate of drug-likeness (QED) is 0.580. The van der Waals surface area contributed by atoms with Crippen LogP contribution in [0.1, 0.15) is 19.8 Å². The molecular weight excluding hydrogens is 231 g/mol. The summed E-state index contributed by atoms with van der Waals surface area (Å²) in [6, 6.07) is 2.11. The van der Waals surface area contributed by atoms with Gasteiger partial charge in [0.2, 0.25) is 0 Å². The van der Waals surface area contributed by atoms with E-state index in [1.807, 2.05) is 6.26 Å². The molecule has 0 N–H and O–H groups in total. The van der Waals surface area contributed by atoms with Crippen LogP contribution in [0.25, 0.3) is 0 Å². The Kier molecular flexibility index (Phi) is 3.95. The summed E-state index contributed by atoms with van der Waals surface area (Å²) in [6.45, 7) is 2.24. The van der Waals surface area contributed by atoms with Gasteiger partial charge in [0.1, 0.15) is 0 Å². The summed E-state index contributed by atoms with van der Waals surface area (Å²) in [7, 11) is 0. The van der Waals surface area contributed by atoms with E-state index in [4.69, 9.17) is 4.42 Å². The summed E-state index contributed by atoms with van der Waals surface area (Å²) in [4.78, 5) is 0. The van der Waals surface area contributed by atoms with E-state index in [-0.39, 0.29) is 21.1 Å². The van der Waals surface area contributed by atoms with Crippen LogP contribution in [0.4, 0.5) is 0 Å². The normalized spacial score (nSPS) is 10.1. The van der Waals surface area contributed by atoms with Crippen molar-refractivity contribution in [2.45, 2.75) is 24.2 Å². The number of hydrogen-bond acceptors (Lipinski definition) is 1. The second-order valence-corrected chi connectivity index (χ2v) is 6.38. The van der Waals surface area contributed by atoms with E-state index in [1.165, 1.54) is 20.9 Å². The third-order valence-electron chi connectivity index (χ3n) is 1.38. The fourth-order valence-corrected chi connectivity index (χ4v) is 4.07. The van der Waals surface area contributed by atoms with E-state index in [0.717, 1.165) is 0 Å². The van der Waals surface area contributed by atoms with Crippen LogP contribution in [0.2, 0.25) is 4.44 Å². The number of hydrogen-bond donors (Lipinski definition) is 0. The average molecular weight is 243 g/mol. The van der Waals surface area contributed by atoms with Crippen LogP contribution in [0, 0.1) is 0 Å². The zero-order valence-electron chi connectivity index (χ0n) is 6.26. The molecule has 1 aromatic heterocycles. The van der Waals surface area contributed by atoms with Crippen LogP contribution in [0.15, 0.2) is 23.0 Å². The van der Waals surface area contributed by atoms with Crippen LogP contribution in [0.5, 0.6) is 0 Å². The average Bonchev–Trinajstić information content (AvgIpc) is 2.41. The molecule has 0 bridgehead atoms. The van der Waals surface area contributed by atoms with E-state index in [9.17, 15) is 0 Å². The Labute approximate surface area is 72.0 Å². The fourth-order valence-electron chi connectivity index (χ4n) is 0.775. The third-order valence-corrected chi connectivity index (χ3v) is 5.08. The molecule has 2 heteroatoms. The summed E-state index contributed by atoms with van der Waals surface area (Å²) in [5.41, 5.74) is 0. The molecule has 1 rings (SSSR count). The molecule has 2 radical (unpaired) electrons.